The normalized spacial score (nSPS) is 16.7. The van der Waals surface area contributed by atoms with Gasteiger partial charge in [-0.3, -0.25) is 9.59 Å². The topological polar surface area (TPSA) is 75.4 Å². The van der Waals surface area contributed by atoms with Crippen LogP contribution in [0.1, 0.15) is 22.6 Å². The van der Waals surface area contributed by atoms with Crippen molar-refractivity contribution in [3.05, 3.63) is 71.1 Å². The molecule has 1 saturated heterocycles. The van der Waals surface area contributed by atoms with Crippen LogP contribution in [0.4, 0.5) is 5.13 Å². The number of nitrogens with one attached hydrogen (secondary N) is 1. The molecule has 2 amide bonds. The van der Waals surface area contributed by atoms with Crippen molar-refractivity contribution in [2.75, 3.05) is 11.9 Å². The fourth-order valence-corrected chi connectivity index (χ4v) is 3.99. The average Bonchev–Trinajstić information content (AvgIpc) is 3.40. The van der Waals surface area contributed by atoms with Crippen molar-refractivity contribution in [3.8, 4) is 0 Å². The molecule has 2 aromatic heterocycles. The molecule has 0 saturated carbocycles. The highest BCUT2D eigenvalue weighted by atomic mass is 32.1. The number of rotatable bonds is 6. The second-order valence-electron chi connectivity index (χ2n) is 6.54. The number of hydrogen-bond donors (Lipinski definition) is 1. The van der Waals surface area contributed by atoms with E-state index >= 15 is 0 Å². The molecule has 3 aromatic rings. The predicted octanol–water partition coefficient (Wildman–Crippen LogP) is 3.31. The van der Waals surface area contributed by atoms with Crippen molar-refractivity contribution in [2.24, 2.45) is 5.92 Å². The fraction of sp³-hybridized carbons (Fsp3) is 0.250. The molecule has 4 rings (SSSR count). The van der Waals surface area contributed by atoms with E-state index in [2.05, 4.69) is 22.4 Å². The van der Waals surface area contributed by atoms with E-state index in [0.29, 0.717) is 18.2 Å². The van der Waals surface area contributed by atoms with Gasteiger partial charge < -0.3 is 14.6 Å². The van der Waals surface area contributed by atoms with E-state index in [1.807, 2.05) is 24.3 Å². The molecule has 3 heterocycles. The number of thiazole rings is 1. The van der Waals surface area contributed by atoms with Crippen molar-refractivity contribution < 1.29 is 14.0 Å². The molecule has 0 aliphatic carbocycles. The summed E-state index contributed by atoms with van der Waals surface area (Å²) in [5.74, 6) is 0.158. The molecule has 1 aromatic carbocycles. The highest BCUT2D eigenvalue weighted by Gasteiger charge is 2.34. The van der Waals surface area contributed by atoms with Crippen LogP contribution in [0.3, 0.4) is 0 Å². The number of benzene rings is 1. The Balaban J connectivity index is 1.33. The molecule has 1 N–H and O–H groups in total. The molecule has 1 aliphatic heterocycles. The molecular formula is C20H19N3O3S. The first-order valence-electron chi connectivity index (χ1n) is 8.77. The summed E-state index contributed by atoms with van der Waals surface area (Å²) in [6.07, 6.45) is 4.37. The Morgan fingerprint density at radius 3 is 2.89 bits per heavy atom. The zero-order valence-electron chi connectivity index (χ0n) is 14.6. The van der Waals surface area contributed by atoms with Gasteiger partial charge in [-0.15, -0.1) is 11.3 Å². The van der Waals surface area contributed by atoms with Crippen molar-refractivity contribution >= 4 is 28.3 Å². The lowest BCUT2D eigenvalue weighted by molar-refractivity contribution is -0.128. The lowest BCUT2D eigenvalue weighted by Crippen LogP contribution is -2.27. The zero-order chi connectivity index (χ0) is 18.6. The molecule has 27 heavy (non-hydrogen) atoms. The Bertz CT molecular complexity index is 921. The molecule has 138 valence electrons. The Morgan fingerprint density at radius 2 is 2.11 bits per heavy atom. The molecule has 1 unspecified atom stereocenters. The van der Waals surface area contributed by atoms with E-state index in [-0.39, 0.29) is 24.2 Å². The summed E-state index contributed by atoms with van der Waals surface area (Å²) in [5, 5.41) is 3.43. The lowest BCUT2D eigenvalue weighted by atomic mass is 10.1. The van der Waals surface area contributed by atoms with Crippen LogP contribution in [-0.4, -0.2) is 28.2 Å². The highest BCUT2D eigenvalue weighted by Crippen LogP contribution is 2.25. The second-order valence-corrected chi connectivity index (χ2v) is 7.65. The SMILES string of the molecule is O=C(Nc1ncc(Cc2ccccc2)s1)C1CC(=O)N(Cc2ccco2)C1. The molecule has 0 spiro atoms. The summed E-state index contributed by atoms with van der Waals surface area (Å²) in [4.78, 5) is 31.7. The first-order chi connectivity index (χ1) is 13.2. The maximum Gasteiger partial charge on any atom is 0.231 e. The largest absolute Gasteiger partial charge is 0.467 e. The van der Waals surface area contributed by atoms with Crippen molar-refractivity contribution in [3.63, 3.8) is 0 Å². The summed E-state index contributed by atoms with van der Waals surface area (Å²) in [7, 11) is 0. The van der Waals surface area contributed by atoms with Gasteiger partial charge in [-0.25, -0.2) is 4.98 Å². The fourth-order valence-electron chi connectivity index (χ4n) is 3.14. The van der Waals surface area contributed by atoms with Gasteiger partial charge in [-0.1, -0.05) is 30.3 Å². The molecule has 7 heteroatoms. The van der Waals surface area contributed by atoms with E-state index in [9.17, 15) is 9.59 Å². The maximum absolute atomic E-state index is 12.5. The minimum absolute atomic E-state index is 0.0320. The van der Waals surface area contributed by atoms with Crippen LogP contribution in [0.2, 0.25) is 0 Å². The van der Waals surface area contributed by atoms with Gasteiger partial charge in [0.05, 0.1) is 18.7 Å². The van der Waals surface area contributed by atoms with Gasteiger partial charge in [0, 0.05) is 30.5 Å². The van der Waals surface area contributed by atoms with Crippen LogP contribution in [0, 0.1) is 5.92 Å². The smallest absolute Gasteiger partial charge is 0.231 e. The average molecular weight is 381 g/mol. The molecular weight excluding hydrogens is 362 g/mol. The number of hydrogen-bond acceptors (Lipinski definition) is 5. The quantitative estimate of drug-likeness (QED) is 0.711. The van der Waals surface area contributed by atoms with Gasteiger partial charge >= 0.3 is 0 Å². The first kappa shape index (κ1) is 17.5. The van der Waals surface area contributed by atoms with Crippen LogP contribution in [0.25, 0.3) is 0 Å². The van der Waals surface area contributed by atoms with Gasteiger partial charge in [0.15, 0.2) is 5.13 Å². The molecule has 1 aliphatic rings. The van der Waals surface area contributed by atoms with Crippen molar-refractivity contribution in [1.29, 1.82) is 0 Å². The number of likely N-dealkylation sites (tertiary alicyclic amines) is 1. The molecule has 1 atom stereocenters. The summed E-state index contributed by atoms with van der Waals surface area (Å²) in [6.45, 7) is 0.793. The van der Waals surface area contributed by atoms with Gasteiger partial charge in [0.1, 0.15) is 5.76 Å². The van der Waals surface area contributed by atoms with Crippen LogP contribution in [0.5, 0.6) is 0 Å². The van der Waals surface area contributed by atoms with Crippen LogP contribution in [-0.2, 0) is 22.6 Å². The van der Waals surface area contributed by atoms with E-state index in [4.69, 9.17) is 4.42 Å². The standard InChI is InChI=1S/C20H19N3O3S/c24-18-10-15(12-23(18)13-16-7-4-8-26-16)19(25)22-20-21-11-17(27-20)9-14-5-2-1-3-6-14/h1-8,11,15H,9-10,12-13H2,(H,21,22,25). The predicted molar refractivity (Wildman–Crippen MR) is 102 cm³/mol. The van der Waals surface area contributed by atoms with Crippen LogP contribution < -0.4 is 5.32 Å². The Hall–Kier alpha value is -2.93. The minimum atomic E-state index is -0.367. The number of furan rings is 1. The third-order valence-electron chi connectivity index (χ3n) is 4.52. The molecule has 1 fully saturated rings. The number of nitrogens with zero attached hydrogens (tertiary/aromatic N) is 2. The lowest BCUT2D eigenvalue weighted by Gasteiger charge is -2.14. The summed E-state index contributed by atoms with van der Waals surface area (Å²) < 4.78 is 5.28. The zero-order valence-corrected chi connectivity index (χ0v) is 15.4. The van der Waals surface area contributed by atoms with E-state index in [1.54, 1.807) is 23.4 Å². The summed E-state index contributed by atoms with van der Waals surface area (Å²) in [6, 6.07) is 13.7. The van der Waals surface area contributed by atoms with E-state index in [1.165, 1.54) is 16.9 Å². The third-order valence-corrected chi connectivity index (χ3v) is 5.43. The van der Waals surface area contributed by atoms with Crippen LogP contribution >= 0.6 is 11.3 Å². The van der Waals surface area contributed by atoms with Gasteiger partial charge in [-0.05, 0) is 17.7 Å². The van der Waals surface area contributed by atoms with Gasteiger partial charge in [-0.2, -0.15) is 0 Å². The van der Waals surface area contributed by atoms with Crippen molar-refractivity contribution in [1.82, 2.24) is 9.88 Å². The molecule has 6 nitrogen and oxygen atoms in total. The number of amides is 2. The Morgan fingerprint density at radius 1 is 1.26 bits per heavy atom. The first-order valence-corrected chi connectivity index (χ1v) is 9.58. The maximum atomic E-state index is 12.5. The summed E-state index contributed by atoms with van der Waals surface area (Å²) >= 11 is 1.46. The third kappa shape index (κ3) is 4.25. The number of anilines is 1. The second kappa shape index (κ2) is 7.75. The van der Waals surface area contributed by atoms with Gasteiger partial charge in [0.2, 0.25) is 11.8 Å². The summed E-state index contributed by atoms with van der Waals surface area (Å²) in [5.41, 5.74) is 1.20. The monoisotopic (exact) mass is 381 g/mol. The van der Waals surface area contributed by atoms with E-state index in [0.717, 1.165) is 17.1 Å². The number of carbonyl (C=O) groups is 2. The van der Waals surface area contributed by atoms with Gasteiger partial charge in [0.25, 0.3) is 0 Å². The Labute approximate surface area is 160 Å². The number of carbonyl (C=O) groups excluding carboxylic acids is 2. The minimum Gasteiger partial charge on any atom is -0.467 e. The van der Waals surface area contributed by atoms with Crippen molar-refractivity contribution in [2.45, 2.75) is 19.4 Å². The number of aromatic nitrogens is 1. The molecule has 0 bridgehead atoms. The highest BCUT2D eigenvalue weighted by molar-refractivity contribution is 7.15. The Kier molecular flexibility index (Phi) is 5.02. The van der Waals surface area contributed by atoms with Crippen LogP contribution in [0.15, 0.2) is 59.3 Å². The van der Waals surface area contributed by atoms with E-state index < -0.39 is 0 Å². The molecule has 0 radical (unpaired) electrons.